The Hall–Kier alpha value is -3.69. The van der Waals surface area contributed by atoms with Crippen LogP contribution in [0.1, 0.15) is 17.5 Å². The first kappa shape index (κ1) is 24.0. The highest BCUT2D eigenvalue weighted by atomic mass is 35.5. The molecule has 3 aromatic rings. The Bertz CT molecular complexity index is 1320. The zero-order valence-corrected chi connectivity index (χ0v) is 20.9. The molecule has 0 spiro atoms. The van der Waals surface area contributed by atoms with Crippen molar-refractivity contribution < 1.29 is 14.3 Å². The average molecular weight is 507 g/mol. The number of ether oxygens (including phenoxy) is 2. The van der Waals surface area contributed by atoms with Gasteiger partial charge in [0.2, 0.25) is 11.9 Å². The first-order valence-electron chi connectivity index (χ1n) is 11.7. The molecule has 5 rings (SSSR count). The maximum Gasteiger partial charge on any atom is 0.243 e. The van der Waals surface area contributed by atoms with Crippen molar-refractivity contribution in [2.24, 2.45) is 0 Å². The van der Waals surface area contributed by atoms with Crippen LogP contribution < -0.4 is 20.3 Å². The molecule has 10 heteroatoms. The van der Waals surface area contributed by atoms with Crippen LogP contribution in [0.3, 0.4) is 0 Å². The fourth-order valence-electron chi connectivity index (χ4n) is 4.55. The van der Waals surface area contributed by atoms with E-state index in [1.54, 1.807) is 7.11 Å². The lowest BCUT2D eigenvalue weighted by atomic mass is 10.0. The molecule has 2 aliphatic rings. The number of nitrogens with one attached hydrogen (secondary N) is 2. The second-order valence-electron chi connectivity index (χ2n) is 8.76. The lowest BCUT2D eigenvalue weighted by molar-refractivity contribution is -0.117. The molecule has 0 unspecified atom stereocenters. The van der Waals surface area contributed by atoms with Crippen LogP contribution in [0.25, 0.3) is 11.3 Å². The van der Waals surface area contributed by atoms with E-state index in [0.29, 0.717) is 42.9 Å². The summed E-state index contributed by atoms with van der Waals surface area (Å²) in [6.45, 7) is 7.04. The number of carbonyl (C=O) groups is 1. The Labute approximate surface area is 214 Å². The third kappa shape index (κ3) is 4.59. The molecule has 0 saturated carbocycles. The van der Waals surface area contributed by atoms with E-state index in [0.717, 1.165) is 33.9 Å². The number of benzene rings is 1. The highest BCUT2D eigenvalue weighted by molar-refractivity contribution is 6.35. The Kier molecular flexibility index (Phi) is 6.75. The molecule has 0 bridgehead atoms. The van der Waals surface area contributed by atoms with Crippen molar-refractivity contribution in [3.05, 3.63) is 65.5 Å². The summed E-state index contributed by atoms with van der Waals surface area (Å²) >= 11 is 6.68. The molecule has 1 aromatic carbocycles. The van der Waals surface area contributed by atoms with Crippen LogP contribution in [0, 0.1) is 6.92 Å². The van der Waals surface area contributed by atoms with Gasteiger partial charge < -0.3 is 25.0 Å². The number of aromatic nitrogens is 3. The van der Waals surface area contributed by atoms with Gasteiger partial charge in [-0.3, -0.25) is 4.79 Å². The topological polar surface area (TPSA) is 102 Å². The van der Waals surface area contributed by atoms with Gasteiger partial charge >= 0.3 is 0 Å². The van der Waals surface area contributed by atoms with Crippen molar-refractivity contribution in [3.8, 4) is 17.0 Å². The second kappa shape index (κ2) is 10.1. The summed E-state index contributed by atoms with van der Waals surface area (Å²) in [4.78, 5) is 28.1. The third-order valence-electron chi connectivity index (χ3n) is 6.34. The molecule has 1 saturated heterocycles. The van der Waals surface area contributed by atoms with Crippen molar-refractivity contribution in [3.63, 3.8) is 0 Å². The molecule has 36 heavy (non-hydrogen) atoms. The maximum absolute atomic E-state index is 11.9. The standard InChI is InChI=1S/C26H27ClN6O3/c1-4-22(34)30-18-8-9-36-14-19(18)31-26-29-12-16-13-33(20-6-5-7-21(35-3)23(20)27)25-17(24(16)32-26)10-15(2)11-28-25/h4-7,10-12,18-19H,1,8-9,13-14H2,2-3H3,(H,30,34)(H,29,31,32)/t18-,19+/m0/s1. The Balaban J connectivity index is 1.49. The summed E-state index contributed by atoms with van der Waals surface area (Å²) in [5.41, 5.74) is 4.44. The van der Waals surface area contributed by atoms with Crippen molar-refractivity contribution in [1.29, 1.82) is 0 Å². The lowest BCUT2D eigenvalue weighted by Crippen LogP contribution is -2.52. The van der Waals surface area contributed by atoms with Crippen LogP contribution in [0.5, 0.6) is 5.75 Å². The van der Waals surface area contributed by atoms with Crippen LogP contribution in [0.15, 0.2) is 49.3 Å². The first-order chi connectivity index (χ1) is 17.5. The van der Waals surface area contributed by atoms with E-state index in [9.17, 15) is 4.79 Å². The Morgan fingerprint density at radius 1 is 1.31 bits per heavy atom. The number of pyridine rings is 1. The number of fused-ring (bicyclic) bond motifs is 3. The summed E-state index contributed by atoms with van der Waals surface area (Å²) in [6.07, 6.45) is 5.61. The Morgan fingerprint density at radius 2 is 2.17 bits per heavy atom. The predicted molar refractivity (Wildman–Crippen MR) is 139 cm³/mol. The van der Waals surface area contributed by atoms with Gasteiger partial charge in [0.1, 0.15) is 16.6 Å². The minimum Gasteiger partial charge on any atom is -0.495 e. The molecule has 1 amide bonds. The van der Waals surface area contributed by atoms with Gasteiger partial charge in [-0.25, -0.2) is 15.0 Å². The first-order valence-corrected chi connectivity index (χ1v) is 12.1. The fourth-order valence-corrected chi connectivity index (χ4v) is 4.85. The predicted octanol–water partition coefficient (Wildman–Crippen LogP) is 4.03. The molecule has 0 radical (unpaired) electrons. The van der Waals surface area contributed by atoms with Gasteiger partial charge in [0, 0.05) is 30.1 Å². The average Bonchev–Trinajstić information content (AvgIpc) is 2.89. The fraction of sp³-hybridized carbons (Fsp3) is 0.308. The van der Waals surface area contributed by atoms with Crippen molar-refractivity contribution in [2.75, 3.05) is 30.5 Å². The zero-order chi connectivity index (χ0) is 25.2. The maximum atomic E-state index is 11.9. The van der Waals surface area contributed by atoms with Crippen LogP contribution in [-0.2, 0) is 16.1 Å². The monoisotopic (exact) mass is 506 g/mol. The number of amides is 1. The summed E-state index contributed by atoms with van der Waals surface area (Å²) in [7, 11) is 1.60. The van der Waals surface area contributed by atoms with Crippen LogP contribution in [0.2, 0.25) is 5.02 Å². The molecular weight excluding hydrogens is 480 g/mol. The smallest absolute Gasteiger partial charge is 0.243 e. The second-order valence-corrected chi connectivity index (χ2v) is 9.14. The molecular formula is C26H27ClN6O3. The molecule has 2 aliphatic heterocycles. The SMILES string of the molecule is C=CC(=O)N[C@H]1CCOC[C@H]1Nc1ncc2c(n1)-c1cc(C)cnc1N(c1cccc(OC)c1Cl)C2. The normalized spacial score (nSPS) is 18.6. The summed E-state index contributed by atoms with van der Waals surface area (Å²) in [5.74, 6) is 1.59. The number of hydrogen-bond donors (Lipinski definition) is 2. The minimum absolute atomic E-state index is 0.120. The molecule has 2 atom stereocenters. The number of carbonyl (C=O) groups excluding carboxylic acids is 1. The van der Waals surface area contributed by atoms with Gasteiger partial charge in [0.25, 0.3) is 0 Å². The molecule has 2 aromatic heterocycles. The van der Waals surface area contributed by atoms with Gasteiger partial charge in [0.05, 0.1) is 43.7 Å². The molecule has 9 nitrogen and oxygen atoms in total. The number of methoxy groups -OCH3 is 1. The van der Waals surface area contributed by atoms with Crippen LogP contribution in [-0.4, -0.2) is 53.3 Å². The lowest BCUT2D eigenvalue weighted by Gasteiger charge is -2.34. The van der Waals surface area contributed by atoms with E-state index in [-0.39, 0.29) is 18.0 Å². The van der Waals surface area contributed by atoms with E-state index >= 15 is 0 Å². The van der Waals surface area contributed by atoms with E-state index in [1.165, 1.54) is 6.08 Å². The van der Waals surface area contributed by atoms with E-state index in [2.05, 4.69) is 28.3 Å². The van der Waals surface area contributed by atoms with E-state index in [4.69, 9.17) is 31.0 Å². The van der Waals surface area contributed by atoms with E-state index in [1.807, 2.05) is 42.4 Å². The number of rotatable bonds is 6. The number of hydrogen-bond acceptors (Lipinski definition) is 8. The third-order valence-corrected chi connectivity index (χ3v) is 6.72. The van der Waals surface area contributed by atoms with Crippen LogP contribution in [0.4, 0.5) is 17.5 Å². The molecule has 186 valence electrons. The molecule has 1 fully saturated rings. The highest BCUT2D eigenvalue weighted by Crippen LogP contribution is 2.45. The van der Waals surface area contributed by atoms with E-state index < -0.39 is 0 Å². The van der Waals surface area contributed by atoms with Crippen molar-refractivity contribution in [1.82, 2.24) is 20.3 Å². The number of halogens is 1. The largest absolute Gasteiger partial charge is 0.495 e. The number of anilines is 3. The van der Waals surface area contributed by atoms with Gasteiger partial charge in [0.15, 0.2) is 0 Å². The molecule has 0 aliphatic carbocycles. The van der Waals surface area contributed by atoms with Crippen molar-refractivity contribution >= 4 is 35.0 Å². The van der Waals surface area contributed by atoms with Gasteiger partial charge in [-0.1, -0.05) is 24.2 Å². The van der Waals surface area contributed by atoms with Gasteiger partial charge in [-0.2, -0.15) is 0 Å². The highest BCUT2D eigenvalue weighted by Gasteiger charge is 2.30. The number of nitrogens with zero attached hydrogens (tertiary/aromatic N) is 4. The molecule has 2 N–H and O–H groups in total. The van der Waals surface area contributed by atoms with Crippen LogP contribution >= 0.6 is 11.6 Å². The molecule has 4 heterocycles. The van der Waals surface area contributed by atoms with Gasteiger partial charge in [-0.15, -0.1) is 0 Å². The Morgan fingerprint density at radius 3 is 2.97 bits per heavy atom. The summed E-state index contributed by atoms with van der Waals surface area (Å²) in [5, 5.41) is 6.84. The zero-order valence-electron chi connectivity index (χ0n) is 20.1. The summed E-state index contributed by atoms with van der Waals surface area (Å²) in [6, 6.07) is 7.44. The van der Waals surface area contributed by atoms with Gasteiger partial charge in [-0.05, 0) is 43.2 Å². The quantitative estimate of drug-likeness (QED) is 0.483. The minimum atomic E-state index is -0.216. The van der Waals surface area contributed by atoms with Crippen molar-refractivity contribution in [2.45, 2.75) is 32.0 Å². The summed E-state index contributed by atoms with van der Waals surface area (Å²) < 4.78 is 11.1. The number of aryl methyl sites for hydroxylation is 1.